The quantitative estimate of drug-likeness (QED) is 0.414. The van der Waals surface area contributed by atoms with Gasteiger partial charge in [0.05, 0.1) is 4.92 Å². The third-order valence-corrected chi connectivity index (χ3v) is 3.92. The minimum absolute atomic E-state index is 0.133. The minimum atomic E-state index is -0.378. The Balaban J connectivity index is 0.000000236. The lowest BCUT2D eigenvalue weighted by Gasteiger charge is -2.11. The van der Waals surface area contributed by atoms with Gasteiger partial charge in [-0.05, 0) is 41.9 Å². The van der Waals surface area contributed by atoms with E-state index in [1.165, 1.54) is 16.7 Å². The van der Waals surface area contributed by atoms with Crippen LogP contribution < -0.4 is 0 Å². The molecule has 1 heterocycles. The van der Waals surface area contributed by atoms with Gasteiger partial charge in [0.2, 0.25) is 0 Å². The van der Waals surface area contributed by atoms with Crippen molar-refractivity contribution in [1.82, 2.24) is 4.98 Å². The smallest absolute Gasteiger partial charge is 0.264 e. The molecule has 0 spiro atoms. The van der Waals surface area contributed by atoms with Crippen molar-refractivity contribution in [2.45, 2.75) is 19.7 Å². The molecule has 1 atom stereocenters. The molecular weight excluding hydrogens is 311 g/mol. The van der Waals surface area contributed by atoms with Gasteiger partial charge in [0.25, 0.3) is 5.69 Å². The Kier molecular flexibility index (Phi) is 6.46. The average molecular weight is 332 g/mol. The fourth-order valence-corrected chi connectivity index (χ4v) is 2.52. The maximum absolute atomic E-state index is 10.6. The minimum Gasteiger partial charge on any atom is -0.264 e. The topological polar surface area (TPSA) is 56.0 Å². The number of rotatable bonds is 3. The Hall–Kier alpha value is -2.95. The third kappa shape index (κ3) is 5.57. The van der Waals surface area contributed by atoms with Crippen LogP contribution >= 0.6 is 0 Å². The van der Waals surface area contributed by atoms with Crippen molar-refractivity contribution in [2.24, 2.45) is 0 Å². The van der Waals surface area contributed by atoms with Gasteiger partial charge in [-0.1, -0.05) is 48.5 Å². The van der Waals surface area contributed by atoms with Gasteiger partial charge < -0.3 is 0 Å². The van der Waals surface area contributed by atoms with E-state index in [9.17, 15) is 10.1 Å². The van der Waals surface area contributed by atoms with Crippen molar-refractivity contribution in [2.75, 3.05) is 0 Å². The van der Waals surface area contributed by atoms with E-state index in [1.807, 2.05) is 56.6 Å². The molecule has 3 aromatic rings. The van der Waals surface area contributed by atoms with Gasteiger partial charge in [-0.2, -0.15) is 0 Å². The molecule has 1 aromatic heterocycles. The van der Waals surface area contributed by atoms with Gasteiger partial charge in [-0.15, -0.1) is 0 Å². The first kappa shape index (κ1) is 18.4. The number of aryl methyl sites for hydroxylation is 2. The number of hydrogen-bond acceptors (Lipinski definition) is 3. The molecule has 126 valence electrons. The lowest BCUT2D eigenvalue weighted by molar-refractivity contribution is -0.384. The molecule has 0 aliphatic rings. The summed E-state index contributed by atoms with van der Waals surface area (Å²) < 4.78 is 0. The van der Waals surface area contributed by atoms with Gasteiger partial charge >= 0.3 is 0 Å². The summed E-state index contributed by atoms with van der Waals surface area (Å²) in [5, 5.41) is 10.6. The van der Waals surface area contributed by atoms with Crippen molar-refractivity contribution in [1.29, 1.82) is 0 Å². The molecule has 25 heavy (non-hydrogen) atoms. The zero-order valence-corrected chi connectivity index (χ0v) is 14.7. The van der Waals surface area contributed by atoms with E-state index >= 15 is 0 Å². The van der Waals surface area contributed by atoms with Crippen LogP contribution in [0.1, 0.15) is 28.1 Å². The number of pyridine rings is 1. The first-order valence-corrected chi connectivity index (χ1v) is 8.15. The van der Waals surface area contributed by atoms with Gasteiger partial charge in [0.1, 0.15) is 7.85 Å². The molecule has 3 rings (SSSR count). The molecule has 0 fully saturated rings. The van der Waals surface area contributed by atoms with Crippen molar-refractivity contribution < 1.29 is 4.92 Å². The molecule has 0 N–H and O–H groups in total. The summed E-state index contributed by atoms with van der Waals surface area (Å²) in [5.74, 6) is 0.247. The second-order valence-corrected chi connectivity index (χ2v) is 6.02. The van der Waals surface area contributed by atoms with E-state index in [4.69, 9.17) is 0 Å². The van der Waals surface area contributed by atoms with Crippen LogP contribution in [0.2, 0.25) is 0 Å². The van der Waals surface area contributed by atoms with Crippen LogP contribution in [0.25, 0.3) is 0 Å². The van der Waals surface area contributed by atoms with Crippen molar-refractivity contribution in [3.63, 3.8) is 0 Å². The van der Waals surface area contributed by atoms with Crippen LogP contribution in [0.3, 0.4) is 0 Å². The predicted molar refractivity (Wildman–Crippen MR) is 104 cm³/mol. The first-order chi connectivity index (χ1) is 12.0. The monoisotopic (exact) mass is 332 g/mol. The first-order valence-electron chi connectivity index (χ1n) is 8.15. The van der Waals surface area contributed by atoms with Crippen molar-refractivity contribution >= 4 is 13.5 Å². The highest BCUT2D eigenvalue weighted by atomic mass is 16.6. The summed E-state index contributed by atoms with van der Waals surface area (Å²) in [5.41, 5.74) is 4.88. The fraction of sp³-hybridized carbons (Fsp3) is 0.150. The van der Waals surface area contributed by atoms with Crippen molar-refractivity contribution in [3.05, 3.63) is 105 Å². The van der Waals surface area contributed by atoms with Crippen LogP contribution in [0.4, 0.5) is 5.69 Å². The van der Waals surface area contributed by atoms with Gasteiger partial charge in [0, 0.05) is 24.5 Å². The Morgan fingerprint density at radius 3 is 1.88 bits per heavy atom. The fourth-order valence-electron chi connectivity index (χ4n) is 2.52. The van der Waals surface area contributed by atoms with E-state index in [0.29, 0.717) is 0 Å². The molecule has 0 radical (unpaired) electrons. The summed E-state index contributed by atoms with van der Waals surface area (Å²) in [7, 11) is 2.09. The van der Waals surface area contributed by atoms with Crippen molar-refractivity contribution in [3.8, 4) is 0 Å². The predicted octanol–water partition coefficient (Wildman–Crippen LogP) is 4.02. The number of nitro benzene ring substituents is 1. The molecule has 0 aliphatic carbocycles. The van der Waals surface area contributed by atoms with Gasteiger partial charge in [-0.25, -0.2) is 0 Å². The summed E-state index contributed by atoms with van der Waals surface area (Å²) >= 11 is 0. The Labute approximate surface area is 149 Å². The molecule has 2 aromatic carbocycles. The number of non-ortho nitro benzene ring substituents is 1. The second kappa shape index (κ2) is 8.78. The summed E-state index contributed by atoms with van der Waals surface area (Å²) in [6.45, 7) is 4.08. The van der Waals surface area contributed by atoms with Crippen LogP contribution in [-0.4, -0.2) is 17.8 Å². The second-order valence-electron chi connectivity index (χ2n) is 6.02. The molecule has 5 heteroatoms. The maximum Gasteiger partial charge on any atom is 0.269 e. The number of nitrogens with zero attached hydrogens (tertiary/aromatic N) is 2. The SMILES string of the molecule is BC(c1ccccc1)c1ccc([N+](=O)[O-])cc1.Cc1cncc(C)c1. The zero-order valence-electron chi connectivity index (χ0n) is 14.7. The average Bonchev–Trinajstić information content (AvgIpc) is 2.62. The molecule has 0 saturated heterocycles. The summed E-state index contributed by atoms with van der Waals surface area (Å²) in [6.07, 6.45) is 3.71. The highest BCUT2D eigenvalue weighted by Gasteiger charge is 2.10. The van der Waals surface area contributed by atoms with E-state index in [0.717, 1.165) is 5.56 Å². The van der Waals surface area contributed by atoms with Gasteiger partial charge in [0.15, 0.2) is 0 Å². The molecule has 0 saturated carbocycles. The lowest BCUT2D eigenvalue weighted by atomic mass is 9.76. The maximum atomic E-state index is 10.6. The van der Waals surface area contributed by atoms with E-state index in [-0.39, 0.29) is 16.4 Å². The van der Waals surface area contributed by atoms with Gasteiger partial charge in [-0.3, -0.25) is 15.1 Å². The Morgan fingerprint density at radius 2 is 1.44 bits per heavy atom. The Morgan fingerprint density at radius 1 is 0.920 bits per heavy atom. The van der Waals surface area contributed by atoms with E-state index in [1.54, 1.807) is 12.1 Å². The largest absolute Gasteiger partial charge is 0.269 e. The molecule has 0 aliphatic heterocycles. The molecule has 4 nitrogen and oxygen atoms in total. The number of hydrogen-bond donors (Lipinski definition) is 0. The molecule has 0 bridgehead atoms. The summed E-state index contributed by atoms with van der Waals surface area (Å²) in [4.78, 5) is 14.2. The van der Waals surface area contributed by atoms with Crippen LogP contribution in [0, 0.1) is 24.0 Å². The van der Waals surface area contributed by atoms with E-state index in [2.05, 4.69) is 31.0 Å². The third-order valence-electron chi connectivity index (χ3n) is 3.92. The van der Waals surface area contributed by atoms with E-state index < -0.39 is 0 Å². The number of aromatic nitrogens is 1. The van der Waals surface area contributed by atoms with Crippen LogP contribution in [0.15, 0.2) is 73.1 Å². The number of benzene rings is 2. The highest BCUT2D eigenvalue weighted by Crippen LogP contribution is 2.23. The standard InChI is InChI=1S/C13H12BNO2.C7H9N/c14-13(10-4-2-1-3-5-10)11-6-8-12(9-7-11)15(16)17;1-6-3-7(2)5-8-4-6/h1-9,13H,14H2;3-5H,1-2H3. The zero-order chi connectivity index (χ0) is 18.2. The highest BCUT2D eigenvalue weighted by molar-refractivity contribution is 6.14. The van der Waals surface area contributed by atoms with Crippen LogP contribution in [0.5, 0.6) is 0 Å². The summed E-state index contributed by atoms with van der Waals surface area (Å²) in [6, 6.07) is 18.9. The molecule has 1 unspecified atom stereocenters. The lowest BCUT2D eigenvalue weighted by Crippen LogP contribution is -2.00. The van der Waals surface area contributed by atoms with Crippen LogP contribution in [-0.2, 0) is 0 Å². The number of nitro groups is 1. The normalized spacial score (nSPS) is 11.1. The molecular formula is C20H21BN2O2. The Bertz CT molecular complexity index is 803. The molecule has 0 amide bonds.